The van der Waals surface area contributed by atoms with Crippen LogP contribution in [0.3, 0.4) is 0 Å². The molecule has 5 rings (SSSR count). The summed E-state index contributed by atoms with van der Waals surface area (Å²) in [7, 11) is 0. The molecule has 113 valence electrons. The van der Waals surface area contributed by atoms with Crippen LogP contribution < -0.4 is 0 Å². The van der Waals surface area contributed by atoms with Crippen molar-refractivity contribution in [2.75, 3.05) is 0 Å². The smallest absolute Gasteiger partial charge is 0.0610 e. The Labute approximate surface area is 147 Å². The molecule has 0 atom stereocenters. The van der Waals surface area contributed by atoms with Crippen molar-refractivity contribution in [3.05, 3.63) is 72.6 Å². The number of fused-ring (bicyclic) bond motifs is 8. The summed E-state index contributed by atoms with van der Waals surface area (Å²) >= 11 is 0. The number of nitrogens with zero attached hydrogens (tertiary/aromatic N) is 2. The Balaban J connectivity index is 0.00000135. The minimum Gasteiger partial charge on any atom is -0.338 e. The fourth-order valence-electron chi connectivity index (χ4n) is 3.46. The first-order valence-corrected chi connectivity index (χ1v) is 7.42. The Morgan fingerprint density at radius 2 is 1.70 bits per heavy atom. The number of pyridine rings is 1. The zero-order valence-corrected chi connectivity index (χ0v) is 14.9. The second kappa shape index (κ2) is 5.16. The minimum atomic E-state index is 0. The number of imidazole rings is 1. The van der Waals surface area contributed by atoms with Crippen molar-refractivity contribution in [3.8, 4) is 0 Å². The summed E-state index contributed by atoms with van der Waals surface area (Å²) in [5.74, 6) is 0. The number of hydrogen-bond acceptors (Lipinski definition) is 1. The molecule has 2 nitrogen and oxygen atoms in total. The van der Waals surface area contributed by atoms with E-state index in [1.165, 1.54) is 27.1 Å². The van der Waals surface area contributed by atoms with Gasteiger partial charge in [-0.2, -0.15) is 0 Å². The van der Waals surface area contributed by atoms with Crippen LogP contribution in [-0.4, -0.2) is 9.38 Å². The van der Waals surface area contributed by atoms with Gasteiger partial charge in [0.05, 0.1) is 5.65 Å². The van der Waals surface area contributed by atoms with Gasteiger partial charge in [0, 0.05) is 37.5 Å². The molecule has 0 aliphatic rings. The van der Waals surface area contributed by atoms with Gasteiger partial charge in [-0.3, -0.25) is 4.98 Å². The molecule has 1 radical (unpaired) electrons. The Bertz CT molecular complexity index is 1190. The zero-order valence-electron chi connectivity index (χ0n) is 12.5. The predicted octanol–water partition coefficient (Wildman–Crippen LogP) is 4.90. The number of rotatable bonds is 0. The molecule has 0 spiro atoms. The van der Waals surface area contributed by atoms with E-state index in [2.05, 4.69) is 77.0 Å². The van der Waals surface area contributed by atoms with Crippen molar-refractivity contribution in [2.24, 2.45) is 0 Å². The van der Waals surface area contributed by atoms with Crippen LogP contribution in [0.5, 0.6) is 0 Å². The Morgan fingerprint density at radius 1 is 0.957 bits per heavy atom. The summed E-state index contributed by atoms with van der Waals surface area (Å²) in [5, 5.41) is 6.06. The molecule has 2 aromatic heterocycles. The Kier molecular flexibility index (Phi) is 3.22. The third-order valence-electron chi connectivity index (χ3n) is 4.43. The molecule has 0 N–H and O–H groups in total. The third-order valence-corrected chi connectivity index (χ3v) is 4.43. The summed E-state index contributed by atoms with van der Waals surface area (Å²) in [6, 6.07) is 22.6. The summed E-state index contributed by atoms with van der Waals surface area (Å²) in [4.78, 5) is 4.64. The molecule has 0 unspecified atom stereocenters. The molecule has 0 aliphatic carbocycles. The fraction of sp³-hybridized carbons (Fsp3) is 0.0500. The minimum absolute atomic E-state index is 0. The van der Waals surface area contributed by atoms with Crippen molar-refractivity contribution in [1.82, 2.24) is 9.38 Å². The van der Waals surface area contributed by atoms with E-state index < -0.39 is 0 Å². The van der Waals surface area contributed by atoms with Gasteiger partial charge < -0.3 is 4.40 Å². The van der Waals surface area contributed by atoms with Crippen LogP contribution in [-0.2, 0) is 20.1 Å². The van der Waals surface area contributed by atoms with E-state index in [1.807, 2.05) is 6.20 Å². The molecule has 3 heteroatoms. The van der Waals surface area contributed by atoms with E-state index in [4.69, 9.17) is 0 Å². The largest absolute Gasteiger partial charge is 0.338 e. The van der Waals surface area contributed by atoms with Crippen molar-refractivity contribution in [2.45, 2.75) is 6.92 Å². The average molecular weight is 474 g/mol. The van der Waals surface area contributed by atoms with E-state index in [1.54, 1.807) is 0 Å². The summed E-state index contributed by atoms with van der Waals surface area (Å²) in [6.45, 7) is 2.10. The van der Waals surface area contributed by atoms with E-state index in [0.29, 0.717) is 0 Å². The monoisotopic (exact) mass is 474 g/mol. The van der Waals surface area contributed by atoms with Gasteiger partial charge in [0.25, 0.3) is 0 Å². The van der Waals surface area contributed by atoms with Crippen LogP contribution in [0.25, 0.3) is 38.1 Å². The van der Waals surface area contributed by atoms with E-state index in [9.17, 15) is 0 Å². The van der Waals surface area contributed by atoms with Gasteiger partial charge in [0.2, 0.25) is 0 Å². The summed E-state index contributed by atoms with van der Waals surface area (Å²) in [6.07, 6.45) is 1.93. The fourth-order valence-corrected chi connectivity index (χ4v) is 3.46. The standard InChI is InChI=1S/C20H13N2.Ir/c1-13-12-21-20-17-11-10-14-6-2-3-7-15(14)19(17)16-8-4-5-9-18(16)22(13)20;/h2-10,12H,1H3;/q-1;. The number of aryl methyl sites for hydroxylation is 1. The number of aromatic nitrogens is 2. The van der Waals surface area contributed by atoms with Gasteiger partial charge in [-0.1, -0.05) is 64.0 Å². The topological polar surface area (TPSA) is 17.3 Å². The quantitative estimate of drug-likeness (QED) is 0.231. The number of para-hydroxylation sites is 1. The third kappa shape index (κ3) is 1.87. The first kappa shape index (κ1) is 14.4. The number of benzene rings is 3. The SMILES string of the molecule is Cc1cnc2c3[c-]cc4ccccc4c3c3ccccc3n12.[Ir]. The van der Waals surface area contributed by atoms with E-state index in [0.717, 1.165) is 16.7 Å². The zero-order chi connectivity index (χ0) is 14.7. The maximum atomic E-state index is 4.64. The first-order valence-electron chi connectivity index (χ1n) is 7.42. The average Bonchev–Trinajstić information content (AvgIpc) is 2.97. The molecule has 0 fully saturated rings. The normalized spacial score (nSPS) is 11.3. The summed E-state index contributed by atoms with van der Waals surface area (Å²) < 4.78 is 2.23. The van der Waals surface area contributed by atoms with Crippen LogP contribution in [0.15, 0.2) is 60.8 Å². The van der Waals surface area contributed by atoms with E-state index >= 15 is 0 Å². The van der Waals surface area contributed by atoms with Crippen LogP contribution in [0.2, 0.25) is 0 Å². The molecule has 0 saturated carbocycles. The maximum Gasteiger partial charge on any atom is 0.0610 e. The van der Waals surface area contributed by atoms with Crippen molar-refractivity contribution in [1.29, 1.82) is 0 Å². The van der Waals surface area contributed by atoms with Crippen LogP contribution >= 0.6 is 0 Å². The van der Waals surface area contributed by atoms with E-state index in [-0.39, 0.29) is 20.1 Å². The molecule has 0 bridgehead atoms. The Morgan fingerprint density at radius 3 is 2.57 bits per heavy atom. The molecule has 23 heavy (non-hydrogen) atoms. The van der Waals surface area contributed by atoms with Crippen LogP contribution in [0.4, 0.5) is 0 Å². The van der Waals surface area contributed by atoms with Crippen molar-refractivity contribution >= 4 is 38.1 Å². The molecule has 0 amide bonds. The molecular weight excluding hydrogens is 460 g/mol. The summed E-state index contributed by atoms with van der Waals surface area (Å²) in [5.41, 5.74) is 3.33. The molecule has 5 aromatic rings. The first-order chi connectivity index (χ1) is 10.8. The van der Waals surface area contributed by atoms with Crippen molar-refractivity contribution in [3.63, 3.8) is 0 Å². The van der Waals surface area contributed by atoms with Gasteiger partial charge in [0.1, 0.15) is 0 Å². The van der Waals surface area contributed by atoms with Crippen molar-refractivity contribution < 1.29 is 20.1 Å². The Hall–Kier alpha value is -2.22. The van der Waals surface area contributed by atoms with Crippen LogP contribution in [0, 0.1) is 13.0 Å². The van der Waals surface area contributed by atoms with Gasteiger partial charge >= 0.3 is 0 Å². The van der Waals surface area contributed by atoms with Crippen LogP contribution in [0.1, 0.15) is 5.69 Å². The number of hydrogen-bond donors (Lipinski definition) is 0. The second-order valence-corrected chi connectivity index (χ2v) is 5.70. The molecular formula is C20H13IrN2-. The van der Waals surface area contributed by atoms with Gasteiger partial charge in [-0.15, -0.1) is 12.1 Å². The molecule has 3 aromatic carbocycles. The van der Waals surface area contributed by atoms with Gasteiger partial charge in [0.15, 0.2) is 0 Å². The maximum absolute atomic E-state index is 4.64. The molecule has 2 heterocycles. The predicted molar refractivity (Wildman–Crippen MR) is 91.3 cm³/mol. The van der Waals surface area contributed by atoms with Gasteiger partial charge in [-0.25, -0.2) is 0 Å². The second-order valence-electron chi connectivity index (χ2n) is 5.70. The molecule has 0 saturated heterocycles. The van der Waals surface area contributed by atoms with Gasteiger partial charge in [-0.05, 0) is 18.4 Å². The molecule has 0 aliphatic heterocycles.